The summed E-state index contributed by atoms with van der Waals surface area (Å²) in [6.45, 7) is 6.11. The molecule has 0 aliphatic carbocycles. The van der Waals surface area contributed by atoms with Crippen LogP contribution in [-0.4, -0.2) is 55.5 Å². The molecule has 2 aromatic rings. The minimum atomic E-state index is -1.89. The first-order chi connectivity index (χ1) is 15.1. The first kappa shape index (κ1) is 23.9. The van der Waals surface area contributed by atoms with Crippen LogP contribution in [0.1, 0.15) is 46.8 Å². The number of rotatable bonds is 7. The lowest BCUT2D eigenvalue weighted by Gasteiger charge is -2.23. The van der Waals surface area contributed by atoms with Gasteiger partial charge in [-0.2, -0.15) is 9.97 Å². The fourth-order valence-corrected chi connectivity index (χ4v) is 4.15. The first-order valence-electron chi connectivity index (χ1n) is 10.2. The number of esters is 2. The van der Waals surface area contributed by atoms with E-state index in [-0.39, 0.29) is 35.2 Å². The van der Waals surface area contributed by atoms with Crippen molar-refractivity contribution in [1.82, 2.24) is 19.1 Å². The standard InChI is InChI=1S/C19H25ClFN5O6/c1-5-7-25-12-15(20)23-18(22)24-16(12)26(19(25)29)17-14(31-9(4)28)11(21)13(32-17)10(6-2)30-8(3)27/h10-11,13-14,17H,5-7H2,1-4H3,(H2,22,23,24)/t10-,11-,13+,14+,17+/m0/s1. The normalized spacial score (nSPS) is 23.9. The second-order valence-corrected chi connectivity index (χ2v) is 7.77. The van der Waals surface area contributed by atoms with Gasteiger partial charge in [-0.05, 0) is 12.8 Å². The molecule has 0 unspecified atom stereocenters. The molecular weight excluding hydrogens is 449 g/mol. The van der Waals surface area contributed by atoms with Gasteiger partial charge in [-0.1, -0.05) is 25.4 Å². The summed E-state index contributed by atoms with van der Waals surface area (Å²) in [5.74, 6) is -1.60. The number of anilines is 1. The van der Waals surface area contributed by atoms with Crippen molar-refractivity contribution in [3.05, 3.63) is 15.6 Å². The summed E-state index contributed by atoms with van der Waals surface area (Å²) in [4.78, 5) is 44.5. The van der Waals surface area contributed by atoms with Crippen LogP contribution in [0.5, 0.6) is 0 Å². The van der Waals surface area contributed by atoms with E-state index in [2.05, 4.69) is 9.97 Å². The van der Waals surface area contributed by atoms with Gasteiger partial charge in [0, 0.05) is 20.4 Å². The fraction of sp³-hybridized carbons (Fsp3) is 0.632. The molecule has 5 atom stereocenters. The van der Waals surface area contributed by atoms with E-state index >= 15 is 4.39 Å². The van der Waals surface area contributed by atoms with Gasteiger partial charge in [0.25, 0.3) is 0 Å². The van der Waals surface area contributed by atoms with Gasteiger partial charge < -0.3 is 19.9 Å². The lowest BCUT2D eigenvalue weighted by molar-refractivity contribution is -0.159. The maximum Gasteiger partial charge on any atom is 0.332 e. The number of aromatic nitrogens is 4. The number of alkyl halides is 1. The minimum absolute atomic E-state index is 0.0106. The largest absolute Gasteiger partial charge is 0.460 e. The van der Waals surface area contributed by atoms with E-state index in [0.29, 0.717) is 6.42 Å². The third-order valence-electron chi connectivity index (χ3n) is 5.07. The number of ether oxygens (including phenoxy) is 3. The van der Waals surface area contributed by atoms with Gasteiger partial charge in [0.05, 0.1) is 0 Å². The summed E-state index contributed by atoms with van der Waals surface area (Å²) in [7, 11) is 0. The SMILES string of the molecule is CCCn1c(=O)n([C@@H]2O[C@H]([C@H](CC)OC(C)=O)[C@H](F)[C@H]2OC(C)=O)c2nc(N)nc(Cl)c21. The monoisotopic (exact) mass is 473 g/mol. The van der Waals surface area contributed by atoms with Crippen LogP contribution in [-0.2, 0) is 30.3 Å². The molecule has 32 heavy (non-hydrogen) atoms. The summed E-state index contributed by atoms with van der Waals surface area (Å²) in [6.07, 6.45) is -6.23. The van der Waals surface area contributed by atoms with Crippen LogP contribution < -0.4 is 11.4 Å². The zero-order valence-corrected chi connectivity index (χ0v) is 18.8. The van der Waals surface area contributed by atoms with E-state index in [4.69, 9.17) is 31.5 Å². The fourth-order valence-electron chi connectivity index (χ4n) is 3.88. The zero-order chi connectivity index (χ0) is 23.7. The summed E-state index contributed by atoms with van der Waals surface area (Å²) in [6, 6.07) is 0. The van der Waals surface area contributed by atoms with Crippen molar-refractivity contribution in [2.24, 2.45) is 0 Å². The molecule has 13 heteroatoms. The summed E-state index contributed by atoms with van der Waals surface area (Å²) in [5, 5.41) is -0.0569. The van der Waals surface area contributed by atoms with Crippen LogP contribution in [0.4, 0.5) is 10.3 Å². The Bertz CT molecular complexity index is 1090. The number of halogens is 2. The Morgan fingerprint density at radius 1 is 1.28 bits per heavy atom. The van der Waals surface area contributed by atoms with Crippen molar-refractivity contribution >= 4 is 40.7 Å². The number of hydrogen-bond donors (Lipinski definition) is 1. The van der Waals surface area contributed by atoms with Crippen LogP contribution in [0.25, 0.3) is 11.2 Å². The molecule has 0 radical (unpaired) electrons. The molecule has 2 aromatic heterocycles. The average Bonchev–Trinajstić information content (AvgIpc) is 3.14. The van der Waals surface area contributed by atoms with Gasteiger partial charge >= 0.3 is 17.6 Å². The van der Waals surface area contributed by atoms with E-state index in [1.807, 2.05) is 6.92 Å². The van der Waals surface area contributed by atoms with E-state index in [0.717, 1.165) is 11.5 Å². The van der Waals surface area contributed by atoms with Crippen molar-refractivity contribution in [1.29, 1.82) is 0 Å². The van der Waals surface area contributed by atoms with E-state index < -0.39 is 48.3 Å². The Morgan fingerprint density at radius 3 is 2.53 bits per heavy atom. The van der Waals surface area contributed by atoms with E-state index in [1.165, 1.54) is 11.5 Å². The molecule has 1 aliphatic rings. The number of hydrogen-bond acceptors (Lipinski definition) is 9. The maximum atomic E-state index is 15.5. The first-order valence-corrected chi connectivity index (χ1v) is 10.6. The molecule has 1 fully saturated rings. The molecule has 0 amide bonds. The molecule has 2 N–H and O–H groups in total. The predicted molar refractivity (Wildman–Crippen MR) is 112 cm³/mol. The van der Waals surface area contributed by atoms with E-state index in [9.17, 15) is 14.4 Å². The van der Waals surface area contributed by atoms with Crippen molar-refractivity contribution in [3.8, 4) is 0 Å². The van der Waals surface area contributed by atoms with Gasteiger partial charge in [0.1, 0.15) is 17.7 Å². The van der Waals surface area contributed by atoms with Gasteiger partial charge in [0.2, 0.25) is 5.95 Å². The van der Waals surface area contributed by atoms with Crippen molar-refractivity contribution in [2.45, 2.75) is 77.8 Å². The molecule has 176 valence electrons. The second kappa shape index (κ2) is 9.41. The number of carbonyl (C=O) groups is 2. The number of carbonyl (C=O) groups excluding carboxylic acids is 2. The van der Waals surface area contributed by atoms with Crippen molar-refractivity contribution in [3.63, 3.8) is 0 Å². The number of imidazole rings is 1. The summed E-state index contributed by atoms with van der Waals surface area (Å²) in [5.41, 5.74) is 5.33. The van der Waals surface area contributed by atoms with Gasteiger partial charge in [-0.25, -0.2) is 13.8 Å². The van der Waals surface area contributed by atoms with Crippen LogP contribution >= 0.6 is 11.6 Å². The summed E-state index contributed by atoms with van der Waals surface area (Å²) < 4.78 is 34.1. The lowest BCUT2D eigenvalue weighted by atomic mass is 10.0. The van der Waals surface area contributed by atoms with Crippen molar-refractivity contribution < 1.29 is 28.2 Å². The molecule has 0 saturated carbocycles. The molecule has 0 bridgehead atoms. The highest BCUT2D eigenvalue weighted by atomic mass is 35.5. The van der Waals surface area contributed by atoms with Crippen LogP contribution in [0, 0.1) is 0 Å². The van der Waals surface area contributed by atoms with Crippen LogP contribution in [0.2, 0.25) is 5.15 Å². The highest BCUT2D eigenvalue weighted by Gasteiger charge is 2.53. The van der Waals surface area contributed by atoms with Gasteiger partial charge in [0.15, 0.2) is 29.3 Å². The third-order valence-corrected chi connectivity index (χ3v) is 5.33. The predicted octanol–water partition coefficient (Wildman–Crippen LogP) is 1.75. The quantitative estimate of drug-likeness (QED) is 0.470. The smallest absolute Gasteiger partial charge is 0.332 e. The molecule has 3 heterocycles. The molecular formula is C19H25ClFN5O6. The molecule has 0 spiro atoms. The highest BCUT2D eigenvalue weighted by Crippen LogP contribution is 2.38. The molecule has 1 saturated heterocycles. The number of nitrogens with two attached hydrogens (primary N) is 1. The molecule has 0 aromatic carbocycles. The highest BCUT2D eigenvalue weighted by molar-refractivity contribution is 6.33. The Kier molecular flexibility index (Phi) is 7.03. The Hall–Kier alpha value is -2.73. The van der Waals surface area contributed by atoms with Crippen LogP contribution in [0.3, 0.4) is 0 Å². The van der Waals surface area contributed by atoms with E-state index in [1.54, 1.807) is 6.92 Å². The summed E-state index contributed by atoms with van der Waals surface area (Å²) >= 11 is 6.24. The number of fused-ring (bicyclic) bond motifs is 1. The Labute approximate surface area is 187 Å². The average molecular weight is 474 g/mol. The zero-order valence-electron chi connectivity index (χ0n) is 18.1. The van der Waals surface area contributed by atoms with Crippen LogP contribution in [0.15, 0.2) is 4.79 Å². The third kappa shape index (κ3) is 4.29. The topological polar surface area (TPSA) is 141 Å². The van der Waals surface area contributed by atoms with Gasteiger partial charge in [-0.3, -0.25) is 14.2 Å². The number of aryl methyl sites for hydroxylation is 1. The number of nitrogens with zero attached hydrogens (tertiary/aromatic N) is 4. The van der Waals surface area contributed by atoms with Gasteiger partial charge in [-0.15, -0.1) is 0 Å². The maximum absolute atomic E-state index is 15.5. The number of nitrogen functional groups attached to an aromatic ring is 1. The molecule has 3 rings (SSSR count). The minimum Gasteiger partial charge on any atom is -0.460 e. The lowest BCUT2D eigenvalue weighted by Crippen LogP contribution is -2.39. The molecule has 1 aliphatic heterocycles. The molecule has 11 nitrogen and oxygen atoms in total. The Morgan fingerprint density at radius 2 is 1.97 bits per heavy atom. The Balaban J connectivity index is 2.19. The van der Waals surface area contributed by atoms with Crippen molar-refractivity contribution in [2.75, 3.05) is 5.73 Å². The second-order valence-electron chi connectivity index (χ2n) is 7.41.